The van der Waals surface area contributed by atoms with Crippen LogP contribution in [0.5, 0.6) is 0 Å². The molecule has 1 saturated heterocycles. The van der Waals surface area contributed by atoms with Gasteiger partial charge in [-0.3, -0.25) is 0 Å². The molecule has 0 unspecified atom stereocenters. The van der Waals surface area contributed by atoms with Crippen LogP contribution in [-0.2, 0) is 26.9 Å². The summed E-state index contributed by atoms with van der Waals surface area (Å²) in [7, 11) is -3.14. The molecule has 0 aromatic carbocycles. The van der Waals surface area contributed by atoms with Crippen LogP contribution in [0.15, 0.2) is 16.5 Å². The van der Waals surface area contributed by atoms with Crippen LogP contribution in [0.2, 0.25) is 0 Å². The molecule has 1 aliphatic carbocycles. The predicted octanol–water partition coefficient (Wildman–Crippen LogP) is 1.63. The second kappa shape index (κ2) is 5.87. The van der Waals surface area contributed by atoms with Crippen LogP contribution in [0.1, 0.15) is 37.2 Å². The van der Waals surface area contributed by atoms with Gasteiger partial charge in [0, 0.05) is 19.3 Å². The minimum atomic E-state index is -3.14. The van der Waals surface area contributed by atoms with Gasteiger partial charge in [-0.25, -0.2) is 8.42 Å². The van der Waals surface area contributed by atoms with E-state index in [1.54, 1.807) is 6.07 Å². The Kier molecular flexibility index (Phi) is 4.14. The summed E-state index contributed by atoms with van der Waals surface area (Å²) in [6.07, 6.45) is 3.65. The summed E-state index contributed by atoms with van der Waals surface area (Å²) in [6, 6.07) is 4.26. The van der Waals surface area contributed by atoms with Crippen molar-refractivity contribution in [1.82, 2.24) is 5.32 Å². The van der Waals surface area contributed by atoms with E-state index in [2.05, 4.69) is 5.32 Å². The lowest BCUT2D eigenvalue weighted by molar-refractivity contribution is 0.0983. The van der Waals surface area contributed by atoms with Gasteiger partial charge in [-0.2, -0.15) is 0 Å². The SMILES string of the molecule is O=S(=O)(Cc1ccc(CNC2CC2)o1)C1CCOCC1. The minimum absolute atomic E-state index is 0.00109. The average Bonchev–Trinajstić information content (AvgIpc) is 3.18. The fourth-order valence-corrected chi connectivity index (χ4v) is 4.18. The predicted molar refractivity (Wildman–Crippen MR) is 75.0 cm³/mol. The monoisotopic (exact) mass is 299 g/mol. The molecule has 1 aromatic rings. The van der Waals surface area contributed by atoms with E-state index >= 15 is 0 Å². The first-order valence-electron chi connectivity index (χ1n) is 7.24. The topological polar surface area (TPSA) is 68.5 Å². The third kappa shape index (κ3) is 3.62. The quantitative estimate of drug-likeness (QED) is 0.864. The molecule has 5 nitrogen and oxygen atoms in total. The van der Waals surface area contributed by atoms with Crippen LogP contribution in [0, 0.1) is 0 Å². The Bertz CT molecular complexity index is 541. The van der Waals surface area contributed by atoms with Crippen molar-refractivity contribution in [2.45, 2.75) is 49.3 Å². The van der Waals surface area contributed by atoms with E-state index in [4.69, 9.17) is 9.15 Å². The summed E-state index contributed by atoms with van der Waals surface area (Å²) in [5, 5.41) is 3.07. The molecule has 1 saturated carbocycles. The maximum Gasteiger partial charge on any atom is 0.160 e. The van der Waals surface area contributed by atoms with E-state index in [1.165, 1.54) is 12.8 Å². The molecule has 2 heterocycles. The van der Waals surface area contributed by atoms with E-state index in [0.717, 1.165) is 5.76 Å². The number of hydrogen-bond acceptors (Lipinski definition) is 5. The zero-order valence-electron chi connectivity index (χ0n) is 11.5. The van der Waals surface area contributed by atoms with Gasteiger partial charge < -0.3 is 14.5 Å². The second-order valence-electron chi connectivity index (χ2n) is 5.64. The molecule has 0 atom stereocenters. The van der Waals surface area contributed by atoms with Gasteiger partial charge in [-0.1, -0.05) is 0 Å². The van der Waals surface area contributed by atoms with Crippen molar-refractivity contribution in [2.75, 3.05) is 13.2 Å². The first kappa shape index (κ1) is 14.1. The minimum Gasteiger partial charge on any atom is -0.464 e. The van der Waals surface area contributed by atoms with E-state index < -0.39 is 9.84 Å². The standard InChI is InChI=1S/C14H21NO4S/c16-20(17,14-5-7-18-8-6-14)10-13-4-3-12(19-13)9-15-11-1-2-11/h3-4,11,14-15H,1-2,5-10H2. The van der Waals surface area contributed by atoms with Crippen LogP contribution in [0.25, 0.3) is 0 Å². The summed E-state index contributed by atoms with van der Waals surface area (Å²) in [6.45, 7) is 1.76. The van der Waals surface area contributed by atoms with Crippen LogP contribution in [-0.4, -0.2) is 32.9 Å². The normalized spacial score (nSPS) is 21.2. The van der Waals surface area contributed by atoms with Gasteiger partial charge in [-0.05, 0) is 37.8 Å². The molecule has 2 fully saturated rings. The number of hydrogen-bond donors (Lipinski definition) is 1. The zero-order valence-corrected chi connectivity index (χ0v) is 12.3. The third-order valence-electron chi connectivity index (χ3n) is 3.88. The molecule has 112 valence electrons. The molecule has 1 aromatic heterocycles. The maximum absolute atomic E-state index is 12.3. The molecular weight excluding hydrogens is 278 g/mol. The lowest BCUT2D eigenvalue weighted by Crippen LogP contribution is -2.29. The highest BCUT2D eigenvalue weighted by Gasteiger charge is 2.29. The highest BCUT2D eigenvalue weighted by atomic mass is 32.2. The zero-order chi connectivity index (χ0) is 14.0. The van der Waals surface area contributed by atoms with Crippen molar-refractivity contribution >= 4 is 9.84 Å². The smallest absolute Gasteiger partial charge is 0.160 e. The van der Waals surface area contributed by atoms with Crippen LogP contribution in [0.3, 0.4) is 0 Å². The van der Waals surface area contributed by atoms with Crippen molar-refractivity contribution in [3.8, 4) is 0 Å². The summed E-state index contributed by atoms with van der Waals surface area (Å²) < 4.78 is 35.4. The molecule has 0 radical (unpaired) electrons. The Morgan fingerprint density at radius 1 is 1.10 bits per heavy atom. The number of furan rings is 1. The Labute approximate surface area is 119 Å². The highest BCUT2D eigenvalue weighted by molar-refractivity contribution is 7.91. The van der Waals surface area contributed by atoms with Crippen molar-refractivity contribution < 1.29 is 17.6 Å². The molecular formula is C14H21NO4S. The van der Waals surface area contributed by atoms with Crippen molar-refractivity contribution in [2.24, 2.45) is 0 Å². The summed E-state index contributed by atoms with van der Waals surface area (Å²) >= 11 is 0. The Balaban J connectivity index is 1.58. The largest absolute Gasteiger partial charge is 0.464 e. The fourth-order valence-electron chi connectivity index (χ4n) is 2.48. The van der Waals surface area contributed by atoms with Crippen molar-refractivity contribution in [3.05, 3.63) is 23.7 Å². The molecule has 20 heavy (non-hydrogen) atoms. The highest BCUT2D eigenvalue weighted by Crippen LogP contribution is 2.22. The molecule has 1 N–H and O–H groups in total. The lowest BCUT2D eigenvalue weighted by Gasteiger charge is -2.21. The average molecular weight is 299 g/mol. The van der Waals surface area contributed by atoms with Crippen LogP contribution < -0.4 is 5.32 Å². The van der Waals surface area contributed by atoms with Gasteiger partial charge in [0.2, 0.25) is 0 Å². The first-order valence-corrected chi connectivity index (χ1v) is 8.95. The molecule has 0 spiro atoms. The summed E-state index contributed by atoms with van der Waals surface area (Å²) in [4.78, 5) is 0. The second-order valence-corrected chi connectivity index (χ2v) is 7.92. The fraction of sp³-hybridized carbons (Fsp3) is 0.714. The van der Waals surface area contributed by atoms with Gasteiger partial charge in [-0.15, -0.1) is 0 Å². The Morgan fingerprint density at radius 3 is 2.50 bits per heavy atom. The molecule has 0 bridgehead atoms. The number of rotatable bonds is 6. The van der Waals surface area contributed by atoms with E-state index in [9.17, 15) is 8.42 Å². The molecule has 1 aliphatic heterocycles. The molecule has 6 heteroatoms. The van der Waals surface area contributed by atoms with Crippen molar-refractivity contribution in [1.29, 1.82) is 0 Å². The van der Waals surface area contributed by atoms with E-state index in [0.29, 0.717) is 44.4 Å². The Hall–Kier alpha value is -0.850. The van der Waals surface area contributed by atoms with Crippen LogP contribution >= 0.6 is 0 Å². The van der Waals surface area contributed by atoms with Crippen LogP contribution in [0.4, 0.5) is 0 Å². The third-order valence-corrected chi connectivity index (χ3v) is 6.05. The molecule has 3 rings (SSSR count). The van der Waals surface area contributed by atoms with Crippen molar-refractivity contribution in [3.63, 3.8) is 0 Å². The van der Waals surface area contributed by atoms with Gasteiger partial charge in [0.25, 0.3) is 0 Å². The number of ether oxygens (including phenoxy) is 1. The van der Waals surface area contributed by atoms with Gasteiger partial charge in [0.1, 0.15) is 17.3 Å². The first-order chi connectivity index (χ1) is 9.63. The van der Waals surface area contributed by atoms with Gasteiger partial charge >= 0.3 is 0 Å². The lowest BCUT2D eigenvalue weighted by atomic mass is 10.2. The molecule has 0 amide bonds. The molecule has 2 aliphatic rings. The van der Waals surface area contributed by atoms with Gasteiger partial charge in [0.15, 0.2) is 9.84 Å². The number of sulfone groups is 1. The van der Waals surface area contributed by atoms with E-state index in [-0.39, 0.29) is 11.0 Å². The summed E-state index contributed by atoms with van der Waals surface area (Å²) in [5.74, 6) is 1.36. The van der Waals surface area contributed by atoms with E-state index in [1.807, 2.05) is 6.07 Å². The Morgan fingerprint density at radius 2 is 1.80 bits per heavy atom. The van der Waals surface area contributed by atoms with Gasteiger partial charge in [0.05, 0.1) is 11.8 Å². The maximum atomic E-state index is 12.3. The summed E-state index contributed by atoms with van der Waals surface area (Å²) in [5.41, 5.74) is 0. The number of nitrogens with one attached hydrogen (secondary N) is 1.